The molecular weight excluding hydrogens is 318 g/mol. The molecule has 0 fully saturated rings. The number of methoxy groups -OCH3 is 1. The first-order chi connectivity index (χ1) is 9.12. The molecule has 7 heteroatoms. The Morgan fingerprint density at radius 3 is 2.79 bits per heavy atom. The molecule has 19 heavy (non-hydrogen) atoms. The summed E-state index contributed by atoms with van der Waals surface area (Å²) in [5, 5.41) is 11.5. The molecule has 0 aliphatic heterocycles. The van der Waals surface area contributed by atoms with Crippen molar-refractivity contribution in [2.75, 3.05) is 20.3 Å². The van der Waals surface area contributed by atoms with Crippen LogP contribution in [0, 0.1) is 0 Å². The summed E-state index contributed by atoms with van der Waals surface area (Å²) in [5.74, 6) is 0.349. The molecule has 0 radical (unpaired) electrons. The van der Waals surface area contributed by atoms with Gasteiger partial charge < -0.3 is 19.4 Å². The molecule has 1 aromatic rings. The fourth-order valence-corrected chi connectivity index (χ4v) is 1.75. The molecule has 0 aliphatic carbocycles. The number of hydrogen-bond acceptors (Lipinski definition) is 6. The second kappa shape index (κ2) is 7.63. The molecule has 0 atom stereocenters. The lowest BCUT2D eigenvalue weighted by Gasteiger charge is -2.12. The van der Waals surface area contributed by atoms with Gasteiger partial charge >= 0.3 is 5.97 Å². The smallest absolute Gasteiger partial charge is 0.344 e. The Morgan fingerprint density at radius 2 is 2.21 bits per heavy atom. The minimum absolute atomic E-state index is 0.204. The fourth-order valence-electron chi connectivity index (χ4n) is 1.32. The van der Waals surface area contributed by atoms with Gasteiger partial charge in [0.25, 0.3) is 0 Å². The first-order valence-corrected chi connectivity index (χ1v) is 6.25. The highest BCUT2D eigenvalue weighted by molar-refractivity contribution is 9.10. The Kier molecular flexibility index (Phi) is 6.14. The molecule has 0 saturated heterocycles. The third-order valence-electron chi connectivity index (χ3n) is 2.13. The molecule has 0 heterocycles. The molecule has 1 N–H and O–H groups in total. The number of carbonyl (C=O) groups excluding carboxylic acids is 1. The van der Waals surface area contributed by atoms with Gasteiger partial charge in [-0.2, -0.15) is 0 Å². The SMILES string of the molecule is CCOC(=O)COc1cc(Br)c(C=NO)cc1OC. The van der Waals surface area contributed by atoms with E-state index in [1.807, 2.05) is 0 Å². The third kappa shape index (κ3) is 4.44. The summed E-state index contributed by atoms with van der Waals surface area (Å²) in [5.41, 5.74) is 0.614. The lowest BCUT2D eigenvalue weighted by Crippen LogP contribution is -2.15. The first-order valence-electron chi connectivity index (χ1n) is 5.45. The standard InChI is InChI=1S/C12H14BrNO5/c1-3-18-12(15)7-19-11-5-9(13)8(6-14-16)4-10(11)17-2/h4-6,16H,3,7H2,1-2H3. The first kappa shape index (κ1) is 15.3. The predicted octanol–water partition coefficient (Wildman–Crippen LogP) is 2.21. The predicted molar refractivity (Wildman–Crippen MR) is 72.2 cm³/mol. The van der Waals surface area contributed by atoms with Crippen molar-refractivity contribution in [3.05, 3.63) is 22.2 Å². The van der Waals surface area contributed by atoms with E-state index >= 15 is 0 Å². The maximum atomic E-state index is 11.2. The molecule has 0 spiro atoms. The van der Waals surface area contributed by atoms with E-state index in [9.17, 15) is 4.79 Å². The topological polar surface area (TPSA) is 77.4 Å². The number of hydrogen-bond donors (Lipinski definition) is 1. The van der Waals surface area contributed by atoms with Crippen molar-refractivity contribution < 1.29 is 24.2 Å². The van der Waals surface area contributed by atoms with Crippen molar-refractivity contribution in [1.29, 1.82) is 0 Å². The molecule has 0 bridgehead atoms. The number of oxime groups is 1. The minimum Gasteiger partial charge on any atom is -0.493 e. The molecule has 6 nitrogen and oxygen atoms in total. The highest BCUT2D eigenvalue weighted by Gasteiger charge is 2.11. The number of ether oxygens (including phenoxy) is 3. The Morgan fingerprint density at radius 1 is 1.47 bits per heavy atom. The summed E-state index contributed by atoms with van der Waals surface area (Å²) in [7, 11) is 1.47. The number of nitrogens with zero attached hydrogens (tertiary/aromatic N) is 1. The summed E-state index contributed by atoms with van der Waals surface area (Å²) in [6, 6.07) is 3.24. The van der Waals surface area contributed by atoms with Crippen molar-refractivity contribution in [2.24, 2.45) is 5.16 Å². The second-order valence-corrected chi connectivity index (χ2v) is 4.22. The zero-order valence-corrected chi connectivity index (χ0v) is 12.1. The number of halogens is 1. The summed E-state index contributed by atoms with van der Waals surface area (Å²) in [6.45, 7) is 1.82. The lowest BCUT2D eigenvalue weighted by molar-refractivity contribution is -0.145. The minimum atomic E-state index is -0.457. The number of rotatable bonds is 6. The summed E-state index contributed by atoms with van der Waals surface area (Å²) >= 11 is 3.30. The maximum Gasteiger partial charge on any atom is 0.344 e. The molecule has 1 rings (SSSR count). The molecule has 104 valence electrons. The maximum absolute atomic E-state index is 11.2. The van der Waals surface area contributed by atoms with Crippen LogP contribution in [0.1, 0.15) is 12.5 Å². The van der Waals surface area contributed by atoms with E-state index in [-0.39, 0.29) is 6.61 Å². The Bertz CT molecular complexity index is 475. The van der Waals surface area contributed by atoms with Crippen LogP contribution in [0.3, 0.4) is 0 Å². The van der Waals surface area contributed by atoms with E-state index in [2.05, 4.69) is 21.1 Å². The van der Waals surface area contributed by atoms with Crippen LogP contribution in [0.15, 0.2) is 21.8 Å². The largest absolute Gasteiger partial charge is 0.493 e. The monoisotopic (exact) mass is 331 g/mol. The molecule has 0 saturated carbocycles. The van der Waals surface area contributed by atoms with E-state index in [1.54, 1.807) is 19.1 Å². The van der Waals surface area contributed by atoms with Gasteiger partial charge in [-0.05, 0) is 35.0 Å². The van der Waals surface area contributed by atoms with Crippen molar-refractivity contribution in [3.8, 4) is 11.5 Å². The zero-order chi connectivity index (χ0) is 14.3. The van der Waals surface area contributed by atoms with E-state index < -0.39 is 5.97 Å². The Labute approximate surface area is 119 Å². The third-order valence-corrected chi connectivity index (χ3v) is 2.82. The van der Waals surface area contributed by atoms with E-state index in [4.69, 9.17) is 19.4 Å². The molecule has 0 amide bonds. The normalized spacial score (nSPS) is 10.5. The van der Waals surface area contributed by atoms with E-state index in [0.717, 1.165) is 0 Å². The molecule has 0 aromatic heterocycles. The van der Waals surface area contributed by atoms with Crippen LogP contribution >= 0.6 is 15.9 Å². The van der Waals surface area contributed by atoms with Crippen LogP contribution in [0.5, 0.6) is 11.5 Å². The summed E-state index contributed by atoms with van der Waals surface area (Å²) in [6.07, 6.45) is 1.25. The van der Waals surface area contributed by atoms with Gasteiger partial charge in [0.2, 0.25) is 0 Å². The van der Waals surface area contributed by atoms with Crippen molar-refractivity contribution >= 4 is 28.1 Å². The van der Waals surface area contributed by atoms with Crippen molar-refractivity contribution in [3.63, 3.8) is 0 Å². The van der Waals surface area contributed by atoms with Crippen LogP contribution in [-0.2, 0) is 9.53 Å². The Balaban J connectivity index is 2.88. The Hall–Kier alpha value is -1.76. The van der Waals surface area contributed by atoms with Crippen molar-refractivity contribution in [1.82, 2.24) is 0 Å². The van der Waals surface area contributed by atoms with Crippen LogP contribution in [0.2, 0.25) is 0 Å². The van der Waals surface area contributed by atoms with Gasteiger partial charge in [0.05, 0.1) is 19.9 Å². The fraction of sp³-hybridized carbons (Fsp3) is 0.333. The summed E-state index contributed by atoms with van der Waals surface area (Å²) in [4.78, 5) is 11.2. The lowest BCUT2D eigenvalue weighted by atomic mass is 10.2. The van der Waals surface area contributed by atoms with E-state index in [1.165, 1.54) is 13.3 Å². The zero-order valence-electron chi connectivity index (χ0n) is 10.6. The van der Waals surface area contributed by atoms with Crippen LogP contribution < -0.4 is 9.47 Å². The second-order valence-electron chi connectivity index (χ2n) is 3.36. The highest BCUT2D eigenvalue weighted by Crippen LogP contribution is 2.32. The van der Waals surface area contributed by atoms with Gasteiger partial charge in [0.15, 0.2) is 18.1 Å². The van der Waals surface area contributed by atoms with Crippen LogP contribution in [-0.4, -0.2) is 37.7 Å². The molecular formula is C12H14BrNO5. The van der Waals surface area contributed by atoms with Crippen LogP contribution in [0.4, 0.5) is 0 Å². The van der Waals surface area contributed by atoms with Crippen LogP contribution in [0.25, 0.3) is 0 Å². The quantitative estimate of drug-likeness (QED) is 0.374. The summed E-state index contributed by atoms with van der Waals surface area (Å²) < 4.78 is 15.9. The number of benzene rings is 1. The highest BCUT2D eigenvalue weighted by atomic mass is 79.9. The average Bonchev–Trinajstić information content (AvgIpc) is 2.39. The molecule has 0 aliphatic rings. The average molecular weight is 332 g/mol. The molecule has 1 aromatic carbocycles. The van der Waals surface area contributed by atoms with Gasteiger partial charge in [-0.25, -0.2) is 4.79 Å². The van der Waals surface area contributed by atoms with Gasteiger partial charge in [0, 0.05) is 10.0 Å². The van der Waals surface area contributed by atoms with Gasteiger partial charge in [-0.15, -0.1) is 0 Å². The van der Waals surface area contributed by atoms with Crippen molar-refractivity contribution in [2.45, 2.75) is 6.92 Å². The number of carbonyl (C=O) groups is 1. The van der Waals surface area contributed by atoms with E-state index in [0.29, 0.717) is 28.1 Å². The van der Waals surface area contributed by atoms with Gasteiger partial charge in [-0.1, -0.05) is 5.16 Å². The van der Waals surface area contributed by atoms with Gasteiger partial charge in [-0.3, -0.25) is 0 Å². The van der Waals surface area contributed by atoms with Gasteiger partial charge in [0.1, 0.15) is 0 Å². The molecule has 0 unspecified atom stereocenters. The number of esters is 1.